The van der Waals surface area contributed by atoms with E-state index in [0.29, 0.717) is 5.82 Å². The number of hydrogen-bond acceptors (Lipinski definition) is 4. The van der Waals surface area contributed by atoms with Crippen LogP contribution in [0.5, 0.6) is 0 Å². The average Bonchev–Trinajstić information content (AvgIpc) is 2.43. The van der Waals surface area contributed by atoms with Crippen LogP contribution >= 0.6 is 0 Å². The van der Waals surface area contributed by atoms with Crippen LogP contribution in [-0.4, -0.2) is 16.1 Å². The van der Waals surface area contributed by atoms with E-state index in [0.717, 1.165) is 18.5 Å². The summed E-state index contributed by atoms with van der Waals surface area (Å²) in [7, 11) is 0. The minimum atomic E-state index is -1.06. The number of aryl methyl sites for hydroxylation is 1. The van der Waals surface area contributed by atoms with Crippen LogP contribution in [0.4, 0.5) is 17.2 Å². The van der Waals surface area contributed by atoms with Gasteiger partial charge < -0.3 is 16.2 Å². The van der Waals surface area contributed by atoms with Crippen molar-refractivity contribution in [2.45, 2.75) is 19.8 Å². The molecule has 5 heteroatoms. The van der Waals surface area contributed by atoms with Crippen molar-refractivity contribution in [1.29, 1.82) is 0 Å². The lowest BCUT2D eigenvalue weighted by Gasteiger charge is -2.10. The molecule has 0 aliphatic carbocycles. The normalized spacial score (nSPS) is 10.2. The predicted molar refractivity (Wildman–Crippen MR) is 79.3 cm³/mol. The molecule has 0 aliphatic heterocycles. The van der Waals surface area contributed by atoms with Gasteiger partial charge in [0, 0.05) is 11.9 Å². The lowest BCUT2D eigenvalue weighted by molar-refractivity contribution is 0.0698. The number of hydrogen-bond donors (Lipinski definition) is 3. The molecular formula is C15H17N3O2. The zero-order valence-corrected chi connectivity index (χ0v) is 11.3. The molecule has 0 radical (unpaired) electrons. The number of carboxylic acids is 1. The third-order valence-corrected chi connectivity index (χ3v) is 2.98. The molecule has 0 unspecified atom stereocenters. The van der Waals surface area contributed by atoms with E-state index in [-0.39, 0.29) is 11.3 Å². The lowest BCUT2D eigenvalue weighted by atomic mass is 10.1. The fourth-order valence-electron chi connectivity index (χ4n) is 1.94. The Balaban J connectivity index is 2.21. The maximum Gasteiger partial charge on any atom is 0.337 e. The van der Waals surface area contributed by atoms with Crippen LogP contribution in [0.15, 0.2) is 36.5 Å². The first-order valence-corrected chi connectivity index (χ1v) is 6.45. The van der Waals surface area contributed by atoms with E-state index in [2.05, 4.69) is 17.2 Å². The highest BCUT2D eigenvalue weighted by Crippen LogP contribution is 2.24. The van der Waals surface area contributed by atoms with Gasteiger partial charge >= 0.3 is 5.97 Å². The molecule has 20 heavy (non-hydrogen) atoms. The first kappa shape index (κ1) is 13.9. The Morgan fingerprint density at radius 3 is 2.60 bits per heavy atom. The third kappa shape index (κ3) is 3.06. The van der Waals surface area contributed by atoms with Crippen LogP contribution in [0.25, 0.3) is 0 Å². The van der Waals surface area contributed by atoms with E-state index in [1.165, 1.54) is 17.8 Å². The molecule has 104 valence electrons. The molecule has 0 amide bonds. The summed E-state index contributed by atoms with van der Waals surface area (Å²) in [6.45, 7) is 2.13. The van der Waals surface area contributed by atoms with Gasteiger partial charge in [-0.2, -0.15) is 0 Å². The highest BCUT2D eigenvalue weighted by atomic mass is 16.4. The number of nitrogen functional groups attached to an aromatic ring is 1. The van der Waals surface area contributed by atoms with Crippen molar-refractivity contribution in [1.82, 2.24) is 4.98 Å². The summed E-state index contributed by atoms with van der Waals surface area (Å²) < 4.78 is 0. The lowest BCUT2D eigenvalue weighted by Crippen LogP contribution is -2.07. The second kappa shape index (κ2) is 6.06. The van der Waals surface area contributed by atoms with E-state index in [1.807, 2.05) is 24.3 Å². The summed E-state index contributed by atoms with van der Waals surface area (Å²) in [5, 5.41) is 12.1. The van der Waals surface area contributed by atoms with Crippen molar-refractivity contribution in [2.24, 2.45) is 0 Å². The van der Waals surface area contributed by atoms with Gasteiger partial charge in [-0.15, -0.1) is 0 Å². The summed E-state index contributed by atoms with van der Waals surface area (Å²) in [6, 6.07) is 9.30. The van der Waals surface area contributed by atoms with E-state index < -0.39 is 5.97 Å². The molecule has 2 rings (SSSR count). The molecule has 0 spiro atoms. The number of aromatic carboxylic acids is 1. The zero-order chi connectivity index (χ0) is 14.5. The Kier molecular flexibility index (Phi) is 4.20. The van der Waals surface area contributed by atoms with Crippen molar-refractivity contribution < 1.29 is 9.90 Å². The minimum absolute atomic E-state index is 0.0464. The fourth-order valence-corrected chi connectivity index (χ4v) is 1.94. The molecule has 0 saturated heterocycles. The Labute approximate surface area is 117 Å². The predicted octanol–water partition coefficient (Wildman–Crippen LogP) is 3.06. The van der Waals surface area contributed by atoms with Gasteiger partial charge in [-0.1, -0.05) is 25.5 Å². The van der Waals surface area contributed by atoms with Gasteiger partial charge in [-0.25, -0.2) is 9.78 Å². The van der Waals surface area contributed by atoms with Gasteiger partial charge in [-0.05, 0) is 30.2 Å². The topological polar surface area (TPSA) is 88.2 Å². The molecule has 1 aromatic heterocycles. The largest absolute Gasteiger partial charge is 0.478 e. The van der Waals surface area contributed by atoms with Crippen molar-refractivity contribution in [3.05, 3.63) is 47.7 Å². The number of anilines is 3. The molecule has 0 bridgehead atoms. The van der Waals surface area contributed by atoms with Crippen molar-refractivity contribution in [3.8, 4) is 0 Å². The van der Waals surface area contributed by atoms with Crippen LogP contribution in [0.2, 0.25) is 0 Å². The number of nitrogens with one attached hydrogen (secondary N) is 1. The standard InChI is InChI=1S/C15H17N3O2/c1-2-3-10-4-6-11(7-5-10)18-14-13(16)12(15(19)20)8-9-17-14/h4-9H,2-3,16H2,1H3,(H,17,18)(H,19,20). The molecule has 0 aliphatic rings. The maximum absolute atomic E-state index is 11.0. The Morgan fingerprint density at radius 1 is 1.30 bits per heavy atom. The Morgan fingerprint density at radius 2 is 2.00 bits per heavy atom. The first-order chi connectivity index (χ1) is 9.61. The summed E-state index contributed by atoms with van der Waals surface area (Å²) in [5.41, 5.74) is 8.07. The second-order valence-electron chi connectivity index (χ2n) is 4.50. The van der Waals surface area contributed by atoms with Crippen molar-refractivity contribution in [3.63, 3.8) is 0 Å². The summed E-state index contributed by atoms with van der Waals surface area (Å²) >= 11 is 0. The number of rotatable bonds is 5. The fraction of sp³-hybridized carbons (Fsp3) is 0.200. The maximum atomic E-state index is 11.0. The SMILES string of the molecule is CCCc1ccc(Nc2nccc(C(=O)O)c2N)cc1. The number of carboxylic acid groups (broad SMARTS) is 1. The van der Waals surface area contributed by atoms with Crippen LogP contribution in [0.3, 0.4) is 0 Å². The second-order valence-corrected chi connectivity index (χ2v) is 4.50. The zero-order valence-electron chi connectivity index (χ0n) is 11.3. The van der Waals surface area contributed by atoms with E-state index in [1.54, 1.807) is 0 Å². The molecule has 1 aromatic carbocycles. The van der Waals surface area contributed by atoms with Crippen LogP contribution < -0.4 is 11.1 Å². The van der Waals surface area contributed by atoms with Gasteiger partial charge in [0.05, 0.1) is 11.3 Å². The van der Waals surface area contributed by atoms with E-state index in [4.69, 9.17) is 10.8 Å². The average molecular weight is 271 g/mol. The number of nitrogens with zero attached hydrogens (tertiary/aromatic N) is 1. The monoisotopic (exact) mass is 271 g/mol. The van der Waals surface area contributed by atoms with Crippen LogP contribution in [0.1, 0.15) is 29.3 Å². The molecule has 0 saturated carbocycles. The third-order valence-electron chi connectivity index (χ3n) is 2.98. The highest BCUT2D eigenvalue weighted by molar-refractivity contribution is 5.96. The quantitative estimate of drug-likeness (QED) is 0.777. The van der Waals surface area contributed by atoms with E-state index >= 15 is 0 Å². The van der Waals surface area contributed by atoms with E-state index in [9.17, 15) is 4.79 Å². The molecule has 5 nitrogen and oxygen atoms in total. The number of carbonyl (C=O) groups is 1. The summed E-state index contributed by atoms with van der Waals surface area (Å²) in [6.07, 6.45) is 3.56. The molecule has 4 N–H and O–H groups in total. The Bertz CT molecular complexity index is 609. The Hall–Kier alpha value is -2.56. The van der Waals surface area contributed by atoms with Gasteiger partial charge in [0.1, 0.15) is 0 Å². The van der Waals surface area contributed by atoms with Gasteiger partial charge in [-0.3, -0.25) is 0 Å². The number of aromatic nitrogens is 1. The first-order valence-electron chi connectivity index (χ1n) is 6.45. The van der Waals surface area contributed by atoms with Gasteiger partial charge in [0.15, 0.2) is 5.82 Å². The molecular weight excluding hydrogens is 254 g/mol. The summed E-state index contributed by atoms with van der Waals surface area (Å²) in [5.74, 6) is -0.709. The highest BCUT2D eigenvalue weighted by Gasteiger charge is 2.12. The molecule has 0 atom stereocenters. The van der Waals surface area contributed by atoms with Crippen molar-refractivity contribution in [2.75, 3.05) is 11.1 Å². The van der Waals surface area contributed by atoms with Crippen molar-refractivity contribution >= 4 is 23.2 Å². The van der Waals surface area contributed by atoms with Crippen LogP contribution in [0, 0.1) is 0 Å². The molecule has 0 fully saturated rings. The smallest absolute Gasteiger partial charge is 0.337 e. The summed E-state index contributed by atoms with van der Waals surface area (Å²) in [4.78, 5) is 15.1. The molecule has 2 aromatic rings. The molecule has 1 heterocycles. The minimum Gasteiger partial charge on any atom is -0.478 e. The number of pyridine rings is 1. The number of nitrogens with two attached hydrogens (primary N) is 1. The van der Waals surface area contributed by atoms with Gasteiger partial charge in [0.2, 0.25) is 0 Å². The van der Waals surface area contributed by atoms with Crippen LogP contribution in [-0.2, 0) is 6.42 Å². The van der Waals surface area contributed by atoms with Gasteiger partial charge in [0.25, 0.3) is 0 Å². The number of benzene rings is 1.